The Hall–Kier alpha value is -1.55. The maximum Gasteiger partial charge on any atom is 0.241 e. The summed E-state index contributed by atoms with van der Waals surface area (Å²) in [5, 5.41) is 9.22. The fourth-order valence-corrected chi connectivity index (χ4v) is 1.10. The van der Waals surface area contributed by atoms with Crippen molar-refractivity contribution in [1.82, 2.24) is 0 Å². The first kappa shape index (κ1) is 10.5. The molecule has 1 aromatic rings. The molecule has 0 spiro atoms. The molecule has 3 nitrogen and oxygen atoms in total. The maximum absolute atomic E-state index is 12.8. The number of hydrogen-bond donors (Lipinski definition) is 2. The van der Waals surface area contributed by atoms with Gasteiger partial charge in [-0.25, -0.2) is 4.39 Å². The molecule has 0 aromatic heterocycles. The van der Waals surface area contributed by atoms with Gasteiger partial charge in [-0.15, -0.1) is 0 Å². The minimum atomic E-state index is -0.690. The van der Waals surface area contributed by atoms with Gasteiger partial charge in [0.2, 0.25) is 5.91 Å². The highest BCUT2D eigenvalue weighted by Gasteiger charge is 2.05. The second-order valence-corrected chi connectivity index (χ2v) is 2.97. The van der Waals surface area contributed by atoms with E-state index in [0.717, 1.165) is 18.2 Å². The number of carbonyl (C=O) groups excluding carboxylic acids is 1. The van der Waals surface area contributed by atoms with Gasteiger partial charge in [0.15, 0.2) is 0 Å². The third-order valence-electron chi connectivity index (χ3n) is 1.48. The third-order valence-corrected chi connectivity index (χ3v) is 1.77. The highest BCUT2D eigenvalue weighted by molar-refractivity contribution is 6.32. The molecule has 1 amide bonds. The quantitative estimate of drug-likeness (QED) is 0.738. The molecule has 0 saturated heterocycles. The van der Waals surface area contributed by atoms with E-state index in [2.05, 4.69) is 0 Å². The zero-order valence-electron chi connectivity index (χ0n) is 7.00. The first-order valence-corrected chi connectivity index (χ1v) is 4.04. The average molecular weight is 216 g/mol. The first-order chi connectivity index (χ1) is 6.50. The van der Waals surface area contributed by atoms with Crippen LogP contribution in [0.2, 0.25) is 5.02 Å². The molecule has 0 heterocycles. The number of amides is 1. The van der Waals surface area contributed by atoms with Crippen LogP contribution in [0.15, 0.2) is 18.2 Å². The predicted octanol–water partition coefficient (Wildman–Crippen LogP) is 1.68. The van der Waals surface area contributed by atoms with E-state index in [1.165, 1.54) is 6.08 Å². The van der Waals surface area contributed by atoms with Crippen molar-refractivity contribution in [3.8, 4) is 5.75 Å². The number of nitrogens with two attached hydrogens (primary N) is 1. The Kier molecular flexibility index (Phi) is 3.09. The number of phenols is 1. The van der Waals surface area contributed by atoms with Gasteiger partial charge in [0, 0.05) is 11.6 Å². The number of primary amides is 1. The van der Waals surface area contributed by atoms with Gasteiger partial charge in [-0.05, 0) is 18.2 Å². The molecule has 5 heteroatoms. The van der Waals surface area contributed by atoms with E-state index in [0.29, 0.717) is 0 Å². The molecule has 3 N–H and O–H groups in total. The molecule has 1 aromatic carbocycles. The van der Waals surface area contributed by atoms with Crippen LogP contribution in [0.1, 0.15) is 5.56 Å². The van der Waals surface area contributed by atoms with Gasteiger partial charge < -0.3 is 10.8 Å². The lowest BCUT2D eigenvalue weighted by atomic mass is 10.2. The van der Waals surface area contributed by atoms with E-state index in [4.69, 9.17) is 17.3 Å². The van der Waals surface area contributed by atoms with Crippen molar-refractivity contribution in [1.29, 1.82) is 0 Å². The number of benzene rings is 1. The summed E-state index contributed by atoms with van der Waals surface area (Å²) in [5.74, 6) is -1.58. The number of phenolic OH excluding ortho intramolecular Hbond substituents is 1. The van der Waals surface area contributed by atoms with Crippen molar-refractivity contribution in [3.05, 3.63) is 34.6 Å². The lowest BCUT2D eigenvalue weighted by Gasteiger charge is -2.01. The second kappa shape index (κ2) is 4.11. The van der Waals surface area contributed by atoms with Gasteiger partial charge in [-0.1, -0.05) is 11.6 Å². The topological polar surface area (TPSA) is 63.3 Å². The van der Waals surface area contributed by atoms with Crippen LogP contribution in [0, 0.1) is 5.82 Å². The molecule has 0 saturated carbocycles. The largest absolute Gasteiger partial charge is 0.506 e. The van der Waals surface area contributed by atoms with Gasteiger partial charge in [0.1, 0.15) is 11.6 Å². The Morgan fingerprint density at radius 3 is 2.79 bits per heavy atom. The van der Waals surface area contributed by atoms with E-state index in [1.54, 1.807) is 0 Å². The van der Waals surface area contributed by atoms with Crippen molar-refractivity contribution in [3.63, 3.8) is 0 Å². The van der Waals surface area contributed by atoms with Crippen molar-refractivity contribution < 1.29 is 14.3 Å². The van der Waals surface area contributed by atoms with Gasteiger partial charge in [-0.3, -0.25) is 4.79 Å². The Bertz CT molecular complexity index is 404. The van der Waals surface area contributed by atoms with Crippen LogP contribution in [0.25, 0.3) is 6.08 Å². The van der Waals surface area contributed by atoms with Gasteiger partial charge in [0.05, 0.1) is 5.02 Å². The zero-order chi connectivity index (χ0) is 10.7. The minimum absolute atomic E-state index is 0.105. The number of hydrogen-bond acceptors (Lipinski definition) is 2. The Balaban J connectivity index is 3.14. The van der Waals surface area contributed by atoms with Gasteiger partial charge in [0.25, 0.3) is 0 Å². The van der Waals surface area contributed by atoms with Crippen LogP contribution in [0.5, 0.6) is 5.75 Å². The second-order valence-electron chi connectivity index (χ2n) is 2.56. The van der Waals surface area contributed by atoms with Gasteiger partial charge >= 0.3 is 0 Å². The molecule has 0 bridgehead atoms. The summed E-state index contributed by atoms with van der Waals surface area (Å²) in [6.45, 7) is 0. The molecule has 0 aliphatic rings. The SMILES string of the molecule is NC(=O)C=Cc1cc(F)cc(Cl)c1O. The first-order valence-electron chi connectivity index (χ1n) is 3.66. The highest BCUT2D eigenvalue weighted by atomic mass is 35.5. The van der Waals surface area contributed by atoms with Crippen molar-refractivity contribution in [2.75, 3.05) is 0 Å². The number of carbonyl (C=O) groups is 1. The molecule has 0 aliphatic heterocycles. The molecular formula is C9H7ClFNO2. The normalized spacial score (nSPS) is 10.7. The third kappa shape index (κ3) is 2.47. The maximum atomic E-state index is 12.8. The summed E-state index contributed by atoms with van der Waals surface area (Å²) < 4.78 is 12.8. The molecule has 0 radical (unpaired) electrons. The zero-order valence-corrected chi connectivity index (χ0v) is 7.75. The monoisotopic (exact) mass is 215 g/mol. The van der Waals surface area contributed by atoms with E-state index in [-0.39, 0.29) is 16.3 Å². The van der Waals surface area contributed by atoms with Gasteiger partial charge in [-0.2, -0.15) is 0 Å². The van der Waals surface area contributed by atoms with Crippen LogP contribution in [-0.4, -0.2) is 11.0 Å². The van der Waals surface area contributed by atoms with E-state index in [9.17, 15) is 14.3 Å². The summed E-state index contributed by atoms with van der Waals surface area (Å²) in [7, 11) is 0. The lowest BCUT2D eigenvalue weighted by Crippen LogP contribution is -2.05. The molecule has 0 atom stereocenters. The standard InChI is InChI=1S/C9H7ClFNO2/c10-7-4-6(11)3-5(9(7)14)1-2-8(12)13/h1-4,14H,(H2,12,13). The summed E-state index contributed by atoms with van der Waals surface area (Å²) in [5.41, 5.74) is 4.94. The number of rotatable bonds is 2. The Morgan fingerprint density at radius 2 is 2.21 bits per heavy atom. The molecular weight excluding hydrogens is 209 g/mol. The predicted molar refractivity (Wildman–Crippen MR) is 51.3 cm³/mol. The number of halogens is 2. The number of aromatic hydroxyl groups is 1. The van der Waals surface area contributed by atoms with Crippen LogP contribution in [-0.2, 0) is 4.79 Å². The summed E-state index contributed by atoms with van der Waals surface area (Å²) in [6.07, 6.45) is 2.19. The average Bonchev–Trinajstić information content (AvgIpc) is 2.08. The van der Waals surface area contributed by atoms with Crippen LogP contribution in [0.4, 0.5) is 4.39 Å². The fourth-order valence-electron chi connectivity index (χ4n) is 0.885. The van der Waals surface area contributed by atoms with E-state index < -0.39 is 11.7 Å². The molecule has 0 unspecified atom stereocenters. The summed E-state index contributed by atoms with van der Waals surface area (Å²) in [6, 6.07) is 2.01. The van der Waals surface area contributed by atoms with Crippen LogP contribution < -0.4 is 5.73 Å². The smallest absolute Gasteiger partial charge is 0.241 e. The fraction of sp³-hybridized carbons (Fsp3) is 0. The van der Waals surface area contributed by atoms with Crippen LogP contribution in [0.3, 0.4) is 0 Å². The molecule has 14 heavy (non-hydrogen) atoms. The molecule has 74 valence electrons. The van der Waals surface area contributed by atoms with Crippen molar-refractivity contribution in [2.45, 2.75) is 0 Å². The summed E-state index contributed by atoms with van der Waals surface area (Å²) in [4.78, 5) is 10.4. The Labute approximate surface area is 84.6 Å². The van der Waals surface area contributed by atoms with E-state index >= 15 is 0 Å². The molecule has 1 rings (SSSR count). The lowest BCUT2D eigenvalue weighted by molar-refractivity contribution is -0.113. The molecule has 0 aliphatic carbocycles. The van der Waals surface area contributed by atoms with Crippen molar-refractivity contribution >= 4 is 23.6 Å². The minimum Gasteiger partial charge on any atom is -0.506 e. The molecule has 0 fully saturated rings. The Morgan fingerprint density at radius 1 is 1.57 bits per heavy atom. The van der Waals surface area contributed by atoms with Crippen molar-refractivity contribution in [2.24, 2.45) is 5.73 Å². The van der Waals surface area contributed by atoms with Crippen LogP contribution >= 0.6 is 11.6 Å². The van der Waals surface area contributed by atoms with E-state index in [1.807, 2.05) is 0 Å². The summed E-state index contributed by atoms with van der Waals surface area (Å²) >= 11 is 5.49. The highest BCUT2D eigenvalue weighted by Crippen LogP contribution is 2.29.